The number of pyridine rings is 1. The van der Waals surface area contributed by atoms with Crippen molar-refractivity contribution < 1.29 is 13.2 Å². The first-order valence-corrected chi connectivity index (χ1v) is 11.5. The molecule has 0 aromatic carbocycles. The van der Waals surface area contributed by atoms with Crippen molar-refractivity contribution in [1.82, 2.24) is 19.7 Å². The SMILES string of the molecule is Cc1cc(C)n(C[C@@H](C)C(=O)N2CCC(c3ncccc3S(C)(=O)=O)CC2)n1. The molecule has 2 aromatic heterocycles. The zero-order valence-electron chi connectivity index (χ0n) is 16.9. The number of likely N-dealkylation sites (tertiary alicyclic amines) is 1. The van der Waals surface area contributed by atoms with Gasteiger partial charge in [-0.3, -0.25) is 14.5 Å². The van der Waals surface area contributed by atoms with E-state index in [1.54, 1.807) is 18.3 Å². The summed E-state index contributed by atoms with van der Waals surface area (Å²) in [6.45, 7) is 7.68. The highest BCUT2D eigenvalue weighted by Gasteiger charge is 2.30. The topological polar surface area (TPSA) is 85.2 Å². The van der Waals surface area contributed by atoms with E-state index >= 15 is 0 Å². The molecule has 3 heterocycles. The van der Waals surface area contributed by atoms with E-state index in [1.165, 1.54) is 6.26 Å². The summed E-state index contributed by atoms with van der Waals surface area (Å²) in [5, 5.41) is 4.44. The van der Waals surface area contributed by atoms with E-state index in [0.717, 1.165) is 24.2 Å². The van der Waals surface area contributed by atoms with Gasteiger partial charge in [0, 0.05) is 37.2 Å². The Labute approximate surface area is 166 Å². The van der Waals surface area contributed by atoms with Crippen molar-refractivity contribution in [1.29, 1.82) is 0 Å². The Hall–Kier alpha value is -2.22. The predicted octanol–water partition coefficient (Wildman–Crippen LogP) is 2.34. The summed E-state index contributed by atoms with van der Waals surface area (Å²) >= 11 is 0. The molecule has 28 heavy (non-hydrogen) atoms. The third kappa shape index (κ3) is 4.43. The predicted molar refractivity (Wildman–Crippen MR) is 107 cm³/mol. The molecule has 1 amide bonds. The van der Waals surface area contributed by atoms with Gasteiger partial charge in [0.15, 0.2) is 9.84 Å². The Morgan fingerprint density at radius 1 is 1.29 bits per heavy atom. The number of amides is 1. The van der Waals surface area contributed by atoms with Crippen molar-refractivity contribution in [3.05, 3.63) is 41.5 Å². The minimum absolute atomic E-state index is 0.0568. The first kappa shape index (κ1) is 20.5. The molecule has 1 saturated heterocycles. The van der Waals surface area contributed by atoms with Crippen LogP contribution in [0, 0.1) is 19.8 Å². The number of rotatable bonds is 5. The molecule has 1 aliphatic rings. The molecule has 0 bridgehead atoms. The number of piperidine rings is 1. The highest BCUT2D eigenvalue weighted by atomic mass is 32.2. The third-order valence-electron chi connectivity index (χ3n) is 5.36. The number of sulfone groups is 1. The van der Waals surface area contributed by atoms with Crippen LogP contribution in [0.5, 0.6) is 0 Å². The van der Waals surface area contributed by atoms with E-state index in [0.29, 0.717) is 30.2 Å². The summed E-state index contributed by atoms with van der Waals surface area (Å²) in [6, 6.07) is 5.28. The van der Waals surface area contributed by atoms with Gasteiger partial charge in [0.2, 0.25) is 5.91 Å². The Morgan fingerprint density at radius 2 is 1.96 bits per heavy atom. The molecule has 152 valence electrons. The summed E-state index contributed by atoms with van der Waals surface area (Å²) in [4.78, 5) is 19.4. The Kier molecular flexibility index (Phi) is 5.88. The van der Waals surface area contributed by atoms with Crippen LogP contribution in [0.4, 0.5) is 0 Å². The van der Waals surface area contributed by atoms with Crippen LogP contribution in [0.25, 0.3) is 0 Å². The normalized spacial score (nSPS) is 16.9. The van der Waals surface area contributed by atoms with Gasteiger partial charge in [0.25, 0.3) is 0 Å². The van der Waals surface area contributed by atoms with Crippen molar-refractivity contribution in [3.8, 4) is 0 Å². The number of hydrogen-bond acceptors (Lipinski definition) is 5. The van der Waals surface area contributed by atoms with Crippen LogP contribution >= 0.6 is 0 Å². The van der Waals surface area contributed by atoms with Crippen LogP contribution < -0.4 is 0 Å². The molecule has 2 aromatic rings. The summed E-state index contributed by atoms with van der Waals surface area (Å²) in [7, 11) is -3.32. The molecular formula is C20H28N4O3S. The monoisotopic (exact) mass is 404 g/mol. The van der Waals surface area contributed by atoms with E-state index in [1.807, 2.05) is 36.4 Å². The van der Waals surface area contributed by atoms with Gasteiger partial charge >= 0.3 is 0 Å². The summed E-state index contributed by atoms with van der Waals surface area (Å²) < 4.78 is 26.0. The first-order chi connectivity index (χ1) is 13.2. The summed E-state index contributed by atoms with van der Waals surface area (Å²) in [5.41, 5.74) is 2.64. The van der Waals surface area contributed by atoms with Crippen LogP contribution in [0.1, 0.15) is 42.8 Å². The molecule has 1 fully saturated rings. The van der Waals surface area contributed by atoms with Crippen LogP contribution in [0.3, 0.4) is 0 Å². The molecule has 0 N–H and O–H groups in total. The molecule has 0 radical (unpaired) electrons. The molecule has 1 atom stereocenters. The van der Waals surface area contributed by atoms with Crippen molar-refractivity contribution in [2.24, 2.45) is 5.92 Å². The quantitative estimate of drug-likeness (QED) is 0.764. The number of carbonyl (C=O) groups is 1. The van der Waals surface area contributed by atoms with Gasteiger partial charge in [-0.2, -0.15) is 5.10 Å². The van der Waals surface area contributed by atoms with Crippen molar-refractivity contribution in [2.75, 3.05) is 19.3 Å². The average Bonchev–Trinajstić information content (AvgIpc) is 2.97. The molecule has 3 rings (SSSR count). The number of nitrogens with zero attached hydrogens (tertiary/aromatic N) is 4. The van der Waals surface area contributed by atoms with E-state index in [9.17, 15) is 13.2 Å². The van der Waals surface area contributed by atoms with Gasteiger partial charge in [-0.1, -0.05) is 6.92 Å². The number of aryl methyl sites for hydroxylation is 2. The van der Waals surface area contributed by atoms with Crippen LogP contribution in [-0.4, -0.2) is 53.3 Å². The molecule has 1 aliphatic heterocycles. The highest BCUT2D eigenvalue weighted by Crippen LogP contribution is 2.31. The minimum Gasteiger partial charge on any atom is -0.342 e. The zero-order valence-corrected chi connectivity index (χ0v) is 17.7. The maximum absolute atomic E-state index is 12.9. The lowest BCUT2D eigenvalue weighted by Crippen LogP contribution is -2.42. The molecule has 0 aliphatic carbocycles. The molecule has 0 spiro atoms. The maximum Gasteiger partial charge on any atom is 0.227 e. The van der Waals surface area contributed by atoms with Gasteiger partial charge < -0.3 is 4.90 Å². The number of aromatic nitrogens is 3. The first-order valence-electron chi connectivity index (χ1n) is 9.61. The number of carbonyl (C=O) groups excluding carboxylic acids is 1. The van der Waals surface area contributed by atoms with Gasteiger partial charge in [-0.15, -0.1) is 0 Å². The fraction of sp³-hybridized carbons (Fsp3) is 0.550. The Bertz CT molecular complexity index is 960. The Morgan fingerprint density at radius 3 is 2.54 bits per heavy atom. The third-order valence-corrected chi connectivity index (χ3v) is 6.51. The molecule has 0 unspecified atom stereocenters. The lowest BCUT2D eigenvalue weighted by atomic mass is 9.92. The summed E-state index contributed by atoms with van der Waals surface area (Å²) in [5.74, 6) is 0.0210. The molecule has 0 saturated carbocycles. The second-order valence-electron chi connectivity index (χ2n) is 7.77. The molecule has 7 nitrogen and oxygen atoms in total. The van der Waals surface area contributed by atoms with Gasteiger partial charge in [0.05, 0.1) is 28.7 Å². The van der Waals surface area contributed by atoms with E-state index in [-0.39, 0.29) is 17.7 Å². The molecular weight excluding hydrogens is 376 g/mol. The largest absolute Gasteiger partial charge is 0.342 e. The smallest absolute Gasteiger partial charge is 0.227 e. The molecule has 8 heteroatoms. The standard InChI is InChI=1S/C20H28N4O3S/c1-14(13-24-16(3)12-15(2)22-24)20(25)23-10-7-17(8-11-23)19-18(28(4,26)27)6-5-9-21-19/h5-6,9,12,14,17H,7-8,10-11,13H2,1-4H3/t14-/m1/s1. The fourth-order valence-corrected chi connectivity index (χ4v) is 4.83. The van der Waals surface area contributed by atoms with E-state index in [4.69, 9.17) is 0 Å². The van der Waals surface area contributed by atoms with Gasteiger partial charge in [-0.05, 0) is 44.9 Å². The minimum atomic E-state index is -3.32. The lowest BCUT2D eigenvalue weighted by molar-refractivity contribution is -0.136. The summed E-state index contributed by atoms with van der Waals surface area (Å²) in [6.07, 6.45) is 4.29. The van der Waals surface area contributed by atoms with Crippen molar-refractivity contribution in [3.63, 3.8) is 0 Å². The van der Waals surface area contributed by atoms with E-state index < -0.39 is 9.84 Å². The lowest BCUT2D eigenvalue weighted by Gasteiger charge is -2.34. The van der Waals surface area contributed by atoms with E-state index in [2.05, 4.69) is 10.1 Å². The van der Waals surface area contributed by atoms with Crippen LogP contribution in [-0.2, 0) is 21.2 Å². The Balaban J connectivity index is 1.64. The fourth-order valence-electron chi connectivity index (χ4n) is 3.91. The second-order valence-corrected chi connectivity index (χ2v) is 9.75. The highest BCUT2D eigenvalue weighted by molar-refractivity contribution is 7.90. The average molecular weight is 405 g/mol. The zero-order chi connectivity index (χ0) is 20.5. The van der Waals surface area contributed by atoms with Crippen molar-refractivity contribution >= 4 is 15.7 Å². The van der Waals surface area contributed by atoms with Gasteiger partial charge in [-0.25, -0.2) is 8.42 Å². The van der Waals surface area contributed by atoms with Crippen molar-refractivity contribution in [2.45, 2.75) is 51.0 Å². The van der Waals surface area contributed by atoms with Gasteiger partial charge in [0.1, 0.15) is 0 Å². The maximum atomic E-state index is 12.9. The van der Waals surface area contributed by atoms with Crippen LogP contribution in [0.2, 0.25) is 0 Å². The second kappa shape index (κ2) is 8.03. The number of hydrogen-bond donors (Lipinski definition) is 0. The van der Waals surface area contributed by atoms with Crippen LogP contribution in [0.15, 0.2) is 29.3 Å².